The number of nitrogens with zero attached hydrogens (tertiary/aromatic N) is 4. The first-order valence-corrected chi connectivity index (χ1v) is 14.7. The van der Waals surface area contributed by atoms with Crippen molar-refractivity contribution in [2.45, 2.75) is 104 Å². The van der Waals surface area contributed by atoms with Gasteiger partial charge in [0.2, 0.25) is 0 Å². The number of fused-ring (bicyclic) bond motifs is 1. The summed E-state index contributed by atoms with van der Waals surface area (Å²) in [6.07, 6.45) is 2.53. The van der Waals surface area contributed by atoms with Crippen molar-refractivity contribution in [3.05, 3.63) is 12.7 Å². The molecule has 1 aliphatic rings. The summed E-state index contributed by atoms with van der Waals surface area (Å²) in [6, 6.07) is 0. The van der Waals surface area contributed by atoms with E-state index in [2.05, 4.69) is 20.0 Å². The maximum Gasteiger partial charge on any atom is 0.335 e. The van der Waals surface area contributed by atoms with E-state index in [0.29, 0.717) is 30.6 Å². The van der Waals surface area contributed by atoms with Crippen LogP contribution in [0.25, 0.3) is 11.2 Å². The number of rotatable bonds is 13. The topological polar surface area (TPSA) is 170 Å². The van der Waals surface area contributed by atoms with Crippen molar-refractivity contribution in [1.29, 1.82) is 0 Å². The molecule has 2 aromatic heterocycles. The molecule has 3 N–H and O–H groups in total. The van der Waals surface area contributed by atoms with Crippen LogP contribution >= 0.6 is 7.52 Å². The van der Waals surface area contributed by atoms with Crippen molar-refractivity contribution in [1.82, 2.24) is 24.6 Å². The van der Waals surface area contributed by atoms with Gasteiger partial charge in [-0.15, -0.1) is 0 Å². The standard InChI is InChI=1S/C24H39N6O7P/c1-15(2)35-22(31)18(6)37-38(33,29-24(9-7-8-10-24)23(32)36-16(3)4)14-34-17(5)11-30-13-28-19-20(25)26-12-27-21(19)30/h12-13,15-18H,7-11,14H2,1-6H3,(H,29,33)(H2,25,26,27). The van der Waals surface area contributed by atoms with Gasteiger partial charge in [-0.2, -0.15) is 0 Å². The normalized spacial score (nSPS) is 18.4. The third-order valence-corrected chi connectivity index (χ3v) is 7.91. The van der Waals surface area contributed by atoms with E-state index >= 15 is 0 Å². The van der Waals surface area contributed by atoms with E-state index in [9.17, 15) is 14.2 Å². The maximum atomic E-state index is 14.2. The molecule has 0 bridgehead atoms. The molecule has 3 rings (SSSR count). The SMILES string of the molecule is CC(C)OC(=O)C(C)OP(=O)(COC(C)Cn1cnc2c(N)ncnc21)NC1(C(=O)OC(C)C)CCCC1. The minimum Gasteiger partial charge on any atom is -0.462 e. The first-order chi connectivity index (χ1) is 17.8. The fourth-order valence-corrected chi connectivity index (χ4v) is 6.49. The fraction of sp³-hybridized carbons (Fsp3) is 0.708. The average molecular weight is 555 g/mol. The molecule has 0 amide bonds. The molecule has 1 saturated carbocycles. The molecule has 212 valence electrons. The van der Waals surface area contributed by atoms with Crippen LogP contribution < -0.4 is 10.8 Å². The summed E-state index contributed by atoms with van der Waals surface area (Å²) >= 11 is 0. The van der Waals surface area contributed by atoms with Gasteiger partial charge in [0.15, 0.2) is 17.6 Å². The summed E-state index contributed by atoms with van der Waals surface area (Å²) in [5, 5.41) is 2.97. The molecule has 0 spiro atoms. The molecule has 0 aromatic carbocycles. The van der Waals surface area contributed by atoms with Crippen molar-refractivity contribution in [3.63, 3.8) is 0 Å². The van der Waals surface area contributed by atoms with Gasteiger partial charge >= 0.3 is 11.9 Å². The average Bonchev–Trinajstić information content (AvgIpc) is 3.46. The number of nitrogens with two attached hydrogens (primary N) is 1. The molecule has 13 nitrogen and oxygen atoms in total. The van der Waals surface area contributed by atoms with E-state index in [1.54, 1.807) is 45.5 Å². The molecule has 14 heteroatoms. The number of anilines is 1. The fourth-order valence-electron chi connectivity index (χ4n) is 4.30. The van der Waals surface area contributed by atoms with Gasteiger partial charge in [-0.05, 0) is 54.4 Å². The first-order valence-electron chi connectivity index (χ1n) is 12.9. The lowest BCUT2D eigenvalue weighted by atomic mass is 10.00. The Kier molecular flexibility index (Phi) is 9.85. The van der Waals surface area contributed by atoms with Crippen molar-refractivity contribution < 1.29 is 32.9 Å². The Morgan fingerprint density at radius 1 is 1.08 bits per heavy atom. The number of carbonyl (C=O) groups is 2. The molecular formula is C24H39N6O7P. The zero-order valence-electron chi connectivity index (χ0n) is 22.9. The zero-order valence-corrected chi connectivity index (χ0v) is 23.8. The van der Waals surface area contributed by atoms with E-state index in [4.69, 9.17) is 24.5 Å². The number of hydrogen-bond acceptors (Lipinski definition) is 11. The number of esters is 2. The third kappa shape index (κ3) is 7.49. The van der Waals surface area contributed by atoms with E-state index in [1.807, 2.05) is 0 Å². The Balaban J connectivity index is 1.79. The van der Waals surface area contributed by atoms with Crippen LogP contribution in [-0.2, 0) is 39.4 Å². The Morgan fingerprint density at radius 2 is 1.74 bits per heavy atom. The lowest BCUT2D eigenvalue weighted by Crippen LogP contribution is -2.51. The zero-order chi connectivity index (χ0) is 28.1. The Bertz CT molecular complexity index is 1160. The predicted octanol–water partition coefficient (Wildman–Crippen LogP) is 3.17. The first kappa shape index (κ1) is 29.9. The number of nitrogens with one attached hydrogen (secondary N) is 1. The number of hydrogen-bond donors (Lipinski definition) is 2. The van der Waals surface area contributed by atoms with Gasteiger partial charge in [0.25, 0.3) is 7.52 Å². The summed E-state index contributed by atoms with van der Waals surface area (Å²) < 4.78 is 38.4. The number of nitrogen functional groups attached to an aromatic ring is 1. The van der Waals surface area contributed by atoms with Crippen LogP contribution in [0.1, 0.15) is 67.2 Å². The molecule has 0 radical (unpaired) electrons. The maximum absolute atomic E-state index is 14.2. The minimum absolute atomic E-state index is 0.266. The van der Waals surface area contributed by atoms with Crippen LogP contribution in [-0.4, -0.2) is 67.8 Å². The van der Waals surface area contributed by atoms with E-state index in [0.717, 1.165) is 12.8 Å². The Labute approximate surface area is 222 Å². The molecule has 1 fully saturated rings. The predicted molar refractivity (Wildman–Crippen MR) is 140 cm³/mol. The number of imidazole rings is 1. The second-order valence-electron chi connectivity index (χ2n) is 10.2. The molecule has 1 aliphatic carbocycles. The highest BCUT2D eigenvalue weighted by molar-refractivity contribution is 7.56. The molecule has 3 atom stereocenters. The van der Waals surface area contributed by atoms with Crippen LogP contribution in [0, 0.1) is 0 Å². The quantitative estimate of drug-likeness (QED) is 0.274. The molecule has 3 unspecified atom stereocenters. The summed E-state index contributed by atoms with van der Waals surface area (Å²) in [7, 11) is -3.93. The van der Waals surface area contributed by atoms with Crippen LogP contribution in [0.3, 0.4) is 0 Å². The molecule has 2 heterocycles. The summed E-state index contributed by atoms with van der Waals surface area (Å²) in [5.41, 5.74) is 5.67. The lowest BCUT2D eigenvalue weighted by molar-refractivity contribution is -0.155. The van der Waals surface area contributed by atoms with Gasteiger partial charge in [0.1, 0.15) is 23.7 Å². The van der Waals surface area contributed by atoms with Gasteiger partial charge in [0, 0.05) is 0 Å². The van der Waals surface area contributed by atoms with Crippen molar-refractivity contribution in [2.24, 2.45) is 0 Å². The van der Waals surface area contributed by atoms with Crippen molar-refractivity contribution in [3.8, 4) is 0 Å². The second-order valence-corrected chi connectivity index (χ2v) is 12.2. The highest BCUT2D eigenvalue weighted by Crippen LogP contribution is 2.49. The Morgan fingerprint density at radius 3 is 2.37 bits per heavy atom. The van der Waals surface area contributed by atoms with Gasteiger partial charge < -0.3 is 29.0 Å². The van der Waals surface area contributed by atoms with Crippen LogP contribution in [0.4, 0.5) is 5.82 Å². The van der Waals surface area contributed by atoms with Gasteiger partial charge in [-0.3, -0.25) is 9.36 Å². The van der Waals surface area contributed by atoms with E-state index < -0.39 is 43.6 Å². The summed E-state index contributed by atoms with van der Waals surface area (Å²) in [5.74, 6) is -0.897. The highest BCUT2D eigenvalue weighted by Gasteiger charge is 2.49. The van der Waals surface area contributed by atoms with Crippen LogP contribution in [0.5, 0.6) is 0 Å². The largest absolute Gasteiger partial charge is 0.462 e. The van der Waals surface area contributed by atoms with Gasteiger partial charge in [0.05, 0.1) is 31.2 Å². The van der Waals surface area contributed by atoms with E-state index in [-0.39, 0.29) is 18.0 Å². The van der Waals surface area contributed by atoms with Crippen LogP contribution in [0.15, 0.2) is 12.7 Å². The molecular weight excluding hydrogens is 515 g/mol. The van der Waals surface area contributed by atoms with Crippen LogP contribution in [0.2, 0.25) is 0 Å². The number of carbonyl (C=O) groups excluding carboxylic acids is 2. The summed E-state index contributed by atoms with van der Waals surface area (Å²) in [4.78, 5) is 38.0. The molecule has 0 saturated heterocycles. The molecule has 38 heavy (non-hydrogen) atoms. The lowest BCUT2D eigenvalue weighted by Gasteiger charge is -2.34. The third-order valence-electron chi connectivity index (χ3n) is 6.00. The van der Waals surface area contributed by atoms with Gasteiger partial charge in [-0.25, -0.2) is 24.8 Å². The van der Waals surface area contributed by atoms with E-state index in [1.165, 1.54) is 13.3 Å². The van der Waals surface area contributed by atoms with Gasteiger partial charge in [-0.1, -0.05) is 12.8 Å². The van der Waals surface area contributed by atoms with Crippen molar-refractivity contribution >= 4 is 36.4 Å². The Hall–Kier alpha value is -2.60. The number of ether oxygens (including phenoxy) is 3. The highest BCUT2D eigenvalue weighted by atomic mass is 31.2. The smallest absolute Gasteiger partial charge is 0.335 e. The minimum atomic E-state index is -3.93. The molecule has 2 aromatic rings. The molecule has 0 aliphatic heterocycles. The number of aromatic nitrogens is 4. The second kappa shape index (κ2) is 12.5. The summed E-state index contributed by atoms with van der Waals surface area (Å²) in [6.45, 7) is 10.5. The van der Waals surface area contributed by atoms with Crippen molar-refractivity contribution in [2.75, 3.05) is 12.1 Å². The monoisotopic (exact) mass is 554 g/mol.